The number of rotatable bonds is 10. The highest BCUT2D eigenvalue weighted by Crippen LogP contribution is 2.29. The summed E-state index contributed by atoms with van der Waals surface area (Å²) in [5.74, 6) is -0.357. The molecule has 10 heteroatoms. The molecule has 0 spiro atoms. The number of methoxy groups -OCH3 is 1. The van der Waals surface area contributed by atoms with Crippen LogP contribution >= 0.6 is 15.9 Å². The molecule has 0 unspecified atom stereocenters. The van der Waals surface area contributed by atoms with E-state index >= 15 is 0 Å². The molecule has 0 fully saturated rings. The third kappa shape index (κ3) is 6.27. The lowest BCUT2D eigenvalue weighted by Gasteiger charge is -2.12. The Bertz CT molecular complexity index is 1800. The first kappa shape index (κ1) is 28.0. The van der Waals surface area contributed by atoms with Crippen LogP contribution in [-0.2, 0) is 24.3 Å². The number of carboxylic acid groups (broad SMARTS) is 1. The van der Waals surface area contributed by atoms with Crippen LogP contribution in [-0.4, -0.2) is 39.3 Å². The number of carboxylic acids is 1. The van der Waals surface area contributed by atoms with E-state index in [1.165, 1.54) is 12.1 Å². The van der Waals surface area contributed by atoms with Crippen molar-refractivity contribution in [3.05, 3.63) is 111 Å². The number of hydrogen-bond acceptors (Lipinski definition) is 6. The molecule has 1 N–H and O–H groups in total. The fourth-order valence-corrected chi connectivity index (χ4v) is 4.95. The third-order valence-electron chi connectivity index (χ3n) is 6.57. The number of hydrogen-bond donors (Lipinski definition) is 1. The molecule has 8 nitrogen and oxygen atoms in total. The molecule has 0 radical (unpaired) electrons. The van der Waals surface area contributed by atoms with Crippen molar-refractivity contribution < 1.29 is 23.8 Å². The summed E-state index contributed by atoms with van der Waals surface area (Å²) in [6.45, 7) is 0.969. The highest BCUT2D eigenvalue weighted by Gasteiger charge is 2.16. The molecule has 5 aromatic rings. The standard InChI is InChI=1S/C31H24BrFN4O4/c1-40-12-11-37-28-15-22(31(38)39)9-10-27(28)35-29(37)16-20-7-8-21(14-24(20)32)26-3-2-4-30(36-26)41-18-23-6-5-19(17-34)13-25(23)33/h2-10,13-15H,11-12,16,18H2,1H3,(H,38,39). The van der Waals surface area contributed by atoms with Crippen molar-refractivity contribution >= 4 is 32.9 Å². The van der Waals surface area contributed by atoms with Gasteiger partial charge in [0.1, 0.15) is 18.2 Å². The maximum atomic E-state index is 14.2. The van der Waals surface area contributed by atoms with Crippen molar-refractivity contribution in [2.75, 3.05) is 13.7 Å². The van der Waals surface area contributed by atoms with E-state index in [1.54, 1.807) is 37.4 Å². The van der Waals surface area contributed by atoms with Crippen LogP contribution in [0.2, 0.25) is 0 Å². The molecule has 0 aliphatic heterocycles. The van der Waals surface area contributed by atoms with Crippen molar-refractivity contribution in [2.45, 2.75) is 19.6 Å². The lowest BCUT2D eigenvalue weighted by atomic mass is 10.1. The van der Waals surface area contributed by atoms with Crippen LogP contribution in [0, 0.1) is 17.1 Å². The van der Waals surface area contributed by atoms with Crippen molar-refractivity contribution in [1.82, 2.24) is 14.5 Å². The van der Waals surface area contributed by atoms with E-state index < -0.39 is 11.8 Å². The largest absolute Gasteiger partial charge is 0.478 e. The van der Waals surface area contributed by atoms with Crippen molar-refractivity contribution in [3.63, 3.8) is 0 Å². The maximum Gasteiger partial charge on any atom is 0.335 e. The fourth-order valence-electron chi connectivity index (χ4n) is 4.43. The number of ether oxygens (including phenoxy) is 2. The van der Waals surface area contributed by atoms with Crippen molar-refractivity contribution in [2.24, 2.45) is 0 Å². The molecule has 0 saturated heterocycles. The Morgan fingerprint density at radius 1 is 1.07 bits per heavy atom. The predicted octanol–water partition coefficient (Wildman–Crippen LogP) is 6.39. The smallest absolute Gasteiger partial charge is 0.335 e. The zero-order chi connectivity index (χ0) is 28.9. The first-order valence-electron chi connectivity index (χ1n) is 12.6. The summed E-state index contributed by atoms with van der Waals surface area (Å²) >= 11 is 3.69. The highest BCUT2D eigenvalue weighted by molar-refractivity contribution is 9.10. The van der Waals surface area contributed by atoms with Gasteiger partial charge in [0.15, 0.2) is 0 Å². The molecule has 3 aromatic carbocycles. The summed E-state index contributed by atoms with van der Waals surface area (Å²) < 4.78 is 28.1. The molecule has 2 aromatic heterocycles. The van der Waals surface area contributed by atoms with Gasteiger partial charge < -0.3 is 19.1 Å². The minimum atomic E-state index is -0.990. The summed E-state index contributed by atoms with van der Waals surface area (Å²) in [5, 5.41) is 18.4. The normalized spacial score (nSPS) is 11.0. The summed E-state index contributed by atoms with van der Waals surface area (Å²) in [6.07, 6.45) is 0.508. The van der Waals surface area contributed by atoms with E-state index in [0.29, 0.717) is 36.7 Å². The van der Waals surface area contributed by atoms with Gasteiger partial charge in [-0.25, -0.2) is 19.2 Å². The second kappa shape index (κ2) is 12.3. The summed E-state index contributed by atoms with van der Waals surface area (Å²) in [7, 11) is 1.62. The Morgan fingerprint density at radius 2 is 1.90 bits per heavy atom. The van der Waals surface area contributed by atoms with Crippen LogP contribution in [0.3, 0.4) is 0 Å². The van der Waals surface area contributed by atoms with Gasteiger partial charge >= 0.3 is 5.97 Å². The van der Waals surface area contributed by atoms with Gasteiger partial charge in [0.2, 0.25) is 5.88 Å². The van der Waals surface area contributed by atoms with Crippen molar-refractivity contribution in [3.8, 4) is 23.2 Å². The Kier molecular flexibility index (Phi) is 8.38. The average molecular weight is 615 g/mol. The van der Waals surface area contributed by atoms with Crippen LogP contribution < -0.4 is 4.74 Å². The number of halogens is 2. The molecule has 0 bridgehead atoms. The second-order valence-electron chi connectivity index (χ2n) is 9.23. The lowest BCUT2D eigenvalue weighted by molar-refractivity contribution is 0.0697. The SMILES string of the molecule is COCCn1c(Cc2ccc(-c3cccc(OCc4ccc(C#N)cc4F)n3)cc2Br)nc2ccc(C(=O)O)cc21. The molecule has 5 rings (SSSR count). The number of nitriles is 1. The molecule has 0 atom stereocenters. The first-order chi connectivity index (χ1) is 19.9. The Morgan fingerprint density at radius 3 is 2.63 bits per heavy atom. The predicted molar refractivity (Wildman–Crippen MR) is 154 cm³/mol. The maximum absolute atomic E-state index is 14.2. The molecule has 0 aliphatic carbocycles. The van der Waals surface area contributed by atoms with Gasteiger partial charge in [-0.2, -0.15) is 5.26 Å². The number of aromatic nitrogens is 3. The summed E-state index contributed by atoms with van der Waals surface area (Å²) in [5.41, 5.74) is 4.78. The number of carbonyl (C=O) groups is 1. The quantitative estimate of drug-likeness (QED) is 0.194. The number of aromatic carboxylic acids is 1. The van der Waals surface area contributed by atoms with Gasteiger partial charge in [-0.3, -0.25) is 0 Å². The number of benzene rings is 3. The Labute approximate surface area is 243 Å². The number of fused-ring (bicyclic) bond motifs is 1. The summed E-state index contributed by atoms with van der Waals surface area (Å²) in [4.78, 5) is 20.9. The van der Waals surface area contributed by atoms with E-state index in [0.717, 1.165) is 32.5 Å². The number of pyridine rings is 1. The molecule has 206 valence electrons. The van der Waals surface area contributed by atoms with Crippen LogP contribution in [0.5, 0.6) is 5.88 Å². The van der Waals surface area contributed by atoms with Crippen LogP contribution in [0.1, 0.15) is 32.9 Å². The van der Waals surface area contributed by atoms with Gasteiger partial charge in [0.05, 0.1) is 40.5 Å². The molecule has 41 heavy (non-hydrogen) atoms. The topological polar surface area (TPSA) is 110 Å². The van der Waals surface area contributed by atoms with Gasteiger partial charge in [0.25, 0.3) is 0 Å². The molecule has 0 saturated carbocycles. The molecule has 2 heterocycles. The minimum absolute atomic E-state index is 0.0192. The molecular weight excluding hydrogens is 591 g/mol. The number of nitrogens with zero attached hydrogens (tertiary/aromatic N) is 4. The van der Waals surface area contributed by atoms with E-state index in [-0.39, 0.29) is 17.7 Å². The fraction of sp³-hybridized carbons (Fsp3) is 0.161. The second-order valence-corrected chi connectivity index (χ2v) is 10.1. The minimum Gasteiger partial charge on any atom is -0.478 e. The monoisotopic (exact) mass is 614 g/mol. The van der Waals surface area contributed by atoms with E-state index in [1.807, 2.05) is 41.0 Å². The van der Waals surface area contributed by atoms with Crippen LogP contribution in [0.4, 0.5) is 4.39 Å². The van der Waals surface area contributed by atoms with E-state index in [4.69, 9.17) is 19.7 Å². The van der Waals surface area contributed by atoms with Gasteiger partial charge in [-0.15, -0.1) is 0 Å². The van der Waals surface area contributed by atoms with Gasteiger partial charge in [-0.1, -0.05) is 40.2 Å². The molecule has 0 aliphatic rings. The van der Waals surface area contributed by atoms with E-state index in [2.05, 4.69) is 20.9 Å². The number of imidazole rings is 1. The average Bonchev–Trinajstić information content (AvgIpc) is 3.32. The highest BCUT2D eigenvalue weighted by atomic mass is 79.9. The van der Waals surface area contributed by atoms with Crippen LogP contribution in [0.25, 0.3) is 22.3 Å². The molecule has 0 amide bonds. The van der Waals surface area contributed by atoms with Gasteiger partial charge in [0, 0.05) is 41.7 Å². The third-order valence-corrected chi connectivity index (χ3v) is 7.31. The zero-order valence-electron chi connectivity index (χ0n) is 22.0. The van der Waals surface area contributed by atoms with Crippen molar-refractivity contribution in [1.29, 1.82) is 5.26 Å². The summed E-state index contributed by atoms with van der Waals surface area (Å²) in [6, 6.07) is 22.4. The molecular formula is C31H24BrFN4O4. The zero-order valence-corrected chi connectivity index (χ0v) is 23.6. The Hall–Kier alpha value is -4.59. The Balaban J connectivity index is 1.36. The van der Waals surface area contributed by atoms with Gasteiger partial charge in [-0.05, 0) is 48.0 Å². The first-order valence-corrected chi connectivity index (χ1v) is 13.4. The van der Waals surface area contributed by atoms with Crippen LogP contribution in [0.15, 0.2) is 77.3 Å². The van der Waals surface area contributed by atoms with E-state index in [9.17, 15) is 14.3 Å². The lowest BCUT2D eigenvalue weighted by Crippen LogP contribution is -2.09.